The molecule has 0 heterocycles. The molecule has 0 saturated carbocycles. The van der Waals surface area contributed by atoms with E-state index in [1.54, 1.807) is 24.3 Å². The molecule has 0 aliphatic heterocycles. The van der Waals surface area contributed by atoms with Crippen molar-refractivity contribution in [1.29, 1.82) is 0 Å². The Morgan fingerprint density at radius 2 is 1.60 bits per heavy atom. The molecule has 0 amide bonds. The lowest BCUT2D eigenvalue weighted by Crippen LogP contribution is -2.35. The molecule has 0 saturated heterocycles. The number of aliphatic hydroxyl groups is 1. The van der Waals surface area contributed by atoms with Gasteiger partial charge in [0.05, 0.1) is 5.60 Å². The van der Waals surface area contributed by atoms with Crippen molar-refractivity contribution in [3.8, 4) is 0 Å². The molecule has 2 rings (SSSR count). The molecule has 0 fully saturated rings. The number of fused-ring (bicyclic) bond motifs is 1. The third-order valence-corrected chi connectivity index (χ3v) is 3.26. The van der Waals surface area contributed by atoms with Crippen LogP contribution in [0, 0.1) is 0 Å². The fourth-order valence-corrected chi connectivity index (χ4v) is 2.49. The molecule has 0 unspecified atom stereocenters. The average Bonchev–Trinajstić information content (AvgIpc) is 2.33. The molecule has 0 atom stereocenters. The third-order valence-electron chi connectivity index (χ3n) is 3.26. The lowest BCUT2D eigenvalue weighted by Gasteiger charge is -2.28. The van der Waals surface area contributed by atoms with Gasteiger partial charge in [-0.15, -0.1) is 0 Å². The maximum Gasteiger partial charge on any atom is 0.193 e. The van der Waals surface area contributed by atoms with Gasteiger partial charge in [-0.05, 0) is 20.8 Å². The van der Waals surface area contributed by atoms with Gasteiger partial charge in [0.25, 0.3) is 0 Å². The smallest absolute Gasteiger partial charge is 0.193 e. The van der Waals surface area contributed by atoms with E-state index < -0.39 is 5.60 Å². The number of hydrogen-bond donors (Lipinski definition) is 1. The predicted molar refractivity (Wildman–Crippen MR) is 73.7 cm³/mol. The normalized spacial score (nSPS) is 15.4. The van der Waals surface area contributed by atoms with E-state index in [0.717, 1.165) is 0 Å². The summed E-state index contributed by atoms with van der Waals surface area (Å²) in [6.07, 6.45) is -0.141. The molecule has 0 aromatic heterocycles. The van der Waals surface area contributed by atoms with Crippen molar-refractivity contribution in [2.24, 2.45) is 0 Å². The monoisotopic (exact) mass is 272 g/mol. The molecule has 4 heteroatoms. The summed E-state index contributed by atoms with van der Waals surface area (Å²) in [5.41, 5.74) is -0.765. The highest BCUT2D eigenvalue weighted by Gasteiger charge is 2.38. The van der Waals surface area contributed by atoms with Crippen LogP contribution < -0.4 is 0 Å². The molecule has 0 bridgehead atoms. The van der Waals surface area contributed by atoms with Gasteiger partial charge in [-0.25, -0.2) is 0 Å². The van der Waals surface area contributed by atoms with E-state index in [9.17, 15) is 19.5 Å². The Hall–Kier alpha value is -2.07. The second-order valence-corrected chi connectivity index (χ2v) is 5.50. The SMILES string of the molecule is CC(=O)CC1=C(C(C)(C)O)C(=O)c2ccccc2C1=O. The summed E-state index contributed by atoms with van der Waals surface area (Å²) >= 11 is 0. The van der Waals surface area contributed by atoms with E-state index in [2.05, 4.69) is 0 Å². The summed E-state index contributed by atoms with van der Waals surface area (Å²) in [5, 5.41) is 10.2. The first-order valence-corrected chi connectivity index (χ1v) is 6.37. The highest BCUT2D eigenvalue weighted by molar-refractivity contribution is 6.28. The Kier molecular flexibility index (Phi) is 3.44. The molecule has 1 aromatic carbocycles. The standard InChI is InChI=1S/C16H16O4/c1-9(17)8-12-13(16(2,3)20)15(19)11-7-5-4-6-10(11)14(12)18/h4-7,20H,8H2,1-3H3. The molecular formula is C16H16O4. The molecule has 104 valence electrons. The Labute approximate surface area is 117 Å². The molecule has 1 N–H and O–H groups in total. The number of ketones is 3. The molecule has 20 heavy (non-hydrogen) atoms. The maximum absolute atomic E-state index is 12.5. The topological polar surface area (TPSA) is 71.4 Å². The van der Waals surface area contributed by atoms with Crippen molar-refractivity contribution >= 4 is 17.3 Å². The van der Waals surface area contributed by atoms with Crippen molar-refractivity contribution in [2.45, 2.75) is 32.8 Å². The minimum atomic E-state index is -1.47. The summed E-state index contributed by atoms with van der Waals surface area (Å²) in [5.74, 6) is -0.959. The summed E-state index contributed by atoms with van der Waals surface area (Å²) in [6.45, 7) is 4.25. The van der Waals surface area contributed by atoms with Gasteiger partial charge in [0.15, 0.2) is 11.6 Å². The van der Waals surface area contributed by atoms with E-state index in [4.69, 9.17) is 0 Å². The van der Waals surface area contributed by atoms with Crippen LogP contribution in [0.5, 0.6) is 0 Å². The van der Waals surface area contributed by atoms with Gasteiger partial charge in [-0.3, -0.25) is 14.4 Å². The largest absolute Gasteiger partial charge is 0.386 e. The van der Waals surface area contributed by atoms with Crippen LogP contribution in [0.15, 0.2) is 35.4 Å². The molecule has 1 aromatic rings. The Balaban J connectivity index is 2.72. The van der Waals surface area contributed by atoms with Crippen LogP contribution in [0.4, 0.5) is 0 Å². The fraction of sp³-hybridized carbons (Fsp3) is 0.312. The van der Waals surface area contributed by atoms with Gasteiger partial charge in [0.2, 0.25) is 0 Å². The molecule has 0 spiro atoms. The van der Waals surface area contributed by atoms with E-state index in [1.165, 1.54) is 20.8 Å². The first-order chi connectivity index (χ1) is 9.23. The predicted octanol–water partition coefficient (Wildman–Crippen LogP) is 2.11. The molecule has 1 aliphatic carbocycles. The second kappa shape index (κ2) is 4.80. The first-order valence-electron chi connectivity index (χ1n) is 6.37. The zero-order valence-corrected chi connectivity index (χ0v) is 11.7. The van der Waals surface area contributed by atoms with Crippen LogP contribution in [0.25, 0.3) is 0 Å². The van der Waals surface area contributed by atoms with Gasteiger partial charge in [0.1, 0.15) is 5.78 Å². The number of Topliss-reactive ketones (excluding diaryl/α,β-unsaturated/α-hetero) is 3. The Morgan fingerprint density at radius 1 is 1.10 bits per heavy atom. The number of benzene rings is 1. The first kappa shape index (κ1) is 14.3. The number of allylic oxidation sites excluding steroid dienone is 1. The fourth-order valence-electron chi connectivity index (χ4n) is 2.49. The average molecular weight is 272 g/mol. The Morgan fingerprint density at radius 3 is 2.05 bits per heavy atom. The van der Waals surface area contributed by atoms with Crippen molar-refractivity contribution in [3.05, 3.63) is 46.5 Å². The second-order valence-electron chi connectivity index (χ2n) is 5.50. The lowest BCUT2D eigenvalue weighted by atomic mass is 9.76. The molecule has 1 aliphatic rings. The van der Waals surface area contributed by atoms with E-state index in [-0.39, 0.29) is 40.5 Å². The van der Waals surface area contributed by atoms with Gasteiger partial charge >= 0.3 is 0 Å². The minimum Gasteiger partial charge on any atom is -0.386 e. The maximum atomic E-state index is 12.5. The zero-order chi connectivity index (χ0) is 15.1. The van der Waals surface area contributed by atoms with Gasteiger partial charge < -0.3 is 5.11 Å². The van der Waals surface area contributed by atoms with Crippen LogP contribution >= 0.6 is 0 Å². The van der Waals surface area contributed by atoms with Gasteiger partial charge in [0, 0.05) is 28.7 Å². The third kappa shape index (κ3) is 2.34. The van der Waals surface area contributed by atoms with Crippen molar-refractivity contribution < 1.29 is 19.5 Å². The zero-order valence-electron chi connectivity index (χ0n) is 11.7. The number of carbonyl (C=O) groups excluding carboxylic acids is 3. The molecular weight excluding hydrogens is 256 g/mol. The van der Waals surface area contributed by atoms with E-state index in [0.29, 0.717) is 5.56 Å². The number of carbonyl (C=O) groups is 3. The van der Waals surface area contributed by atoms with Gasteiger partial charge in [-0.2, -0.15) is 0 Å². The highest BCUT2D eigenvalue weighted by Crippen LogP contribution is 2.33. The minimum absolute atomic E-state index is 0.0244. The van der Waals surface area contributed by atoms with Crippen LogP contribution in [-0.2, 0) is 4.79 Å². The van der Waals surface area contributed by atoms with Crippen molar-refractivity contribution in [2.75, 3.05) is 0 Å². The summed E-state index contributed by atoms with van der Waals surface area (Å²) in [6, 6.07) is 6.47. The van der Waals surface area contributed by atoms with Crippen molar-refractivity contribution in [3.63, 3.8) is 0 Å². The summed E-state index contributed by atoms with van der Waals surface area (Å²) in [7, 11) is 0. The van der Waals surface area contributed by atoms with E-state index in [1.807, 2.05) is 0 Å². The molecule has 4 nitrogen and oxygen atoms in total. The van der Waals surface area contributed by atoms with Crippen LogP contribution in [0.3, 0.4) is 0 Å². The number of hydrogen-bond acceptors (Lipinski definition) is 4. The number of rotatable bonds is 3. The Bertz CT molecular complexity index is 645. The lowest BCUT2D eigenvalue weighted by molar-refractivity contribution is -0.116. The molecule has 0 radical (unpaired) electrons. The summed E-state index contributed by atoms with van der Waals surface area (Å²) in [4.78, 5) is 36.4. The highest BCUT2D eigenvalue weighted by atomic mass is 16.3. The summed E-state index contributed by atoms with van der Waals surface area (Å²) < 4.78 is 0. The van der Waals surface area contributed by atoms with Gasteiger partial charge in [-0.1, -0.05) is 24.3 Å². The van der Waals surface area contributed by atoms with Crippen molar-refractivity contribution in [1.82, 2.24) is 0 Å². The van der Waals surface area contributed by atoms with Crippen LogP contribution in [0.2, 0.25) is 0 Å². The van der Waals surface area contributed by atoms with E-state index >= 15 is 0 Å². The quantitative estimate of drug-likeness (QED) is 0.914. The van der Waals surface area contributed by atoms with Crippen LogP contribution in [0.1, 0.15) is 47.9 Å². The van der Waals surface area contributed by atoms with Crippen LogP contribution in [-0.4, -0.2) is 28.1 Å².